The van der Waals surface area contributed by atoms with Crippen molar-refractivity contribution in [3.8, 4) is 0 Å². The smallest absolute Gasteiger partial charge is 0.220 e. The lowest BCUT2D eigenvalue weighted by atomic mass is 9.80. The van der Waals surface area contributed by atoms with E-state index in [1.807, 2.05) is 0 Å². The van der Waals surface area contributed by atoms with Gasteiger partial charge in [-0.15, -0.1) is 0 Å². The molecule has 0 aromatic carbocycles. The van der Waals surface area contributed by atoms with Gasteiger partial charge in [0, 0.05) is 25.2 Å². The first-order chi connectivity index (χ1) is 9.11. The maximum absolute atomic E-state index is 12.2. The zero-order valence-electron chi connectivity index (χ0n) is 12.1. The fourth-order valence-electron chi connectivity index (χ4n) is 3.27. The SMILES string of the molecule is CC1(NC(=O)CC2CCC(CN)CC2)CCOCC1. The molecule has 1 aliphatic carbocycles. The lowest BCUT2D eigenvalue weighted by Crippen LogP contribution is -2.50. The molecule has 4 heteroatoms. The van der Waals surface area contributed by atoms with E-state index in [4.69, 9.17) is 10.5 Å². The summed E-state index contributed by atoms with van der Waals surface area (Å²) in [6.07, 6.45) is 7.26. The minimum Gasteiger partial charge on any atom is -0.381 e. The van der Waals surface area contributed by atoms with Crippen molar-refractivity contribution < 1.29 is 9.53 Å². The van der Waals surface area contributed by atoms with Gasteiger partial charge in [-0.2, -0.15) is 0 Å². The van der Waals surface area contributed by atoms with E-state index in [1.165, 1.54) is 12.8 Å². The molecular formula is C15H28N2O2. The molecular weight excluding hydrogens is 240 g/mol. The fraction of sp³-hybridized carbons (Fsp3) is 0.933. The van der Waals surface area contributed by atoms with E-state index < -0.39 is 0 Å². The summed E-state index contributed by atoms with van der Waals surface area (Å²) >= 11 is 0. The molecule has 4 nitrogen and oxygen atoms in total. The number of nitrogens with two attached hydrogens (primary N) is 1. The number of nitrogens with one attached hydrogen (secondary N) is 1. The lowest BCUT2D eigenvalue weighted by Gasteiger charge is -2.35. The zero-order chi connectivity index (χ0) is 13.7. The molecule has 2 rings (SSSR count). The molecule has 0 aromatic rings. The van der Waals surface area contributed by atoms with Crippen LogP contribution in [0.2, 0.25) is 0 Å². The minimum absolute atomic E-state index is 0.0518. The van der Waals surface area contributed by atoms with Crippen LogP contribution in [0.4, 0.5) is 0 Å². The van der Waals surface area contributed by atoms with E-state index in [1.54, 1.807) is 0 Å². The van der Waals surface area contributed by atoms with Crippen LogP contribution in [0, 0.1) is 11.8 Å². The summed E-state index contributed by atoms with van der Waals surface area (Å²) in [5.41, 5.74) is 5.65. The van der Waals surface area contributed by atoms with E-state index in [-0.39, 0.29) is 11.4 Å². The maximum Gasteiger partial charge on any atom is 0.220 e. The second-order valence-electron chi connectivity index (χ2n) is 6.55. The second kappa shape index (κ2) is 6.71. The van der Waals surface area contributed by atoms with Crippen LogP contribution in [-0.4, -0.2) is 31.2 Å². The van der Waals surface area contributed by atoms with Crippen molar-refractivity contribution in [3.05, 3.63) is 0 Å². The van der Waals surface area contributed by atoms with E-state index in [2.05, 4.69) is 12.2 Å². The van der Waals surface area contributed by atoms with Crippen molar-refractivity contribution >= 4 is 5.91 Å². The molecule has 2 aliphatic rings. The van der Waals surface area contributed by atoms with E-state index in [9.17, 15) is 4.79 Å². The summed E-state index contributed by atoms with van der Waals surface area (Å²) in [5.74, 6) is 1.47. The quantitative estimate of drug-likeness (QED) is 0.817. The van der Waals surface area contributed by atoms with Gasteiger partial charge in [-0.3, -0.25) is 4.79 Å². The predicted octanol–water partition coefficient (Wildman–Crippen LogP) is 1.83. The highest BCUT2D eigenvalue weighted by atomic mass is 16.5. The van der Waals surface area contributed by atoms with E-state index in [0.717, 1.165) is 45.4 Å². The largest absolute Gasteiger partial charge is 0.381 e. The van der Waals surface area contributed by atoms with Crippen LogP contribution < -0.4 is 11.1 Å². The van der Waals surface area contributed by atoms with Gasteiger partial charge in [0.05, 0.1) is 0 Å². The Labute approximate surface area is 116 Å². The number of amides is 1. The zero-order valence-corrected chi connectivity index (χ0v) is 12.1. The van der Waals surface area contributed by atoms with Crippen LogP contribution in [0.5, 0.6) is 0 Å². The summed E-state index contributed by atoms with van der Waals surface area (Å²) in [7, 11) is 0. The lowest BCUT2D eigenvalue weighted by molar-refractivity contribution is -0.125. The fourth-order valence-corrected chi connectivity index (χ4v) is 3.27. The molecule has 1 aliphatic heterocycles. The van der Waals surface area contributed by atoms with Crippen LogP contribution >= 0.6 is 0 Å². The normalized spacial score (nSPS) is 30.8. The highest BCUT2D eigenvalue weighted by Gasteiger charge is 2.30. The molecule has 0 aromatic heterocycles. The van der Waals surface area contributed by atoms with Gasteiger partial charge in [-0.25, -0.2) is 0 Å². The summed E-state index contributed by atoms with van der Waals surface area (Å²) in [4.78, 5) is 12.2. The molecule has 1 saturated carbocycles. The van der Waals surface area contributed by atoms with Crippen molar-refractivity contribution in [3.63, 3.8) is 0 Å². The van der Waals surface area contributed by atoms with Gasteiger partial charge in [0.2, 0.25) is 5.91 Å². The first kappa shape index (κ1) is 14.8. The molecule has 19 heavy (non-hydrogen) atoms. The van der Waals surface area contributed by atoms with Crippen molar-refractivity contribution in [1.82, 2.24) is 5.32 Å². The Kier molecular flexibility index (Phi) is 5.22. The Hall–Kier alpha value is -0.610. The van der Waals surface area contributed by atoms with Crippen molar-refractivity contribution in [2.45, 2.75) is 57.4 Å². The first-order valence-electron chi connectivity index (χ1n) is 7.70. The summed E-state index contributed by atoms with van der Waals surface area (Å²) in [6.45, 7) is 4.46. The van der Waals surface area contributed by atoms with Gasteiger partial charge in [0.1, 0.15) is 0 Å². The molecule has 0 bridgehead atoms. The highest BCUT2D eigenvalue weighted by Crippen LogP contribution is 2.30. The van der Waals surface area contributed by atoms with Gasteiger partial charge in [0.25, 0.3) is 0 Å². The van der Waals surface area contributed by atoms with Crippen LogP contribution in [0.25, 0.3) is 0 Å². The molecule has 0 atom stereocenters. The minimum atomic E-state index is -0.0518. The number of carbonyl (C=O) groups excluding carboxylic acids is 1. The predicted molar refractivity (Wildman–Crippen MR) is 75.7 cm³/mol. The highest BCUT2D eigenvalue weighted by molar-refractivity contribution is 5.77. The Morgan fingerprint density at radius 3 is 2.37 bits per heavy atom. The third-order valence-corrected chi connectivity index (χ3v) is 4.81. The van der Waals surface area contributed by atoms with Gasteiger partial charge in [-0.1, -0.05) is 0 Å². The number of carbonyl (C=O) groups is 1. The monoisotopic (exact) mass is 268 g/mol. The Balaban J connectivity index is 1.72. The van der Waals surface area contributed by atoms with E-state index in [0.29, 0.717) is 18.3 Å². The molecule has 0 spiro atoms. The van der Waals surface area contributed by atoms with Gasteiger partial charge < -0.3 is 15.8 Å². The average molecular weight is 268 g/mol. The first-order valence-corrected chi connectivity index (χ1v) is 7.70. The Bertz CT molecular complexity index is 293. The maximum atomic E-state index is 12.2. The molecule has 3 N–H and O–H groups in total. The molecule has 1 saturated heterocycles. The summed E-state index contributed by atoms with van der Waals surface area (Å²) in [5, 5.41) is 3.22. The third-order valence-electron chi connectivity index (χ3n) is 4.81. The van der Waals surface area contributed by atoms with Crippen molar-refractivity contribution in [1.29, 1.82) is 0 Å². The number of hydrogen-bond donors (Lipinski definition) is 2. The average Bonchev–Trinajstić information content (AvgIpc) is 2.39. The molecule has 0 unspecified atom stereocenters. The van der Waals surface area contributed by atoms with Crippen molar-refractivity contribution in [2.24, 2.45) is 17.6 Å². The van der Waals surface area contributed by atoms with Crippen LogP contribution in [0.15, 0.2) is 0 Å². The van der Waals surface area contributed by atoms with Crippen molar-refractivity contribution in [2.75, 3.05) is 19.8 Å². The summed E-state index contributed by atoms with van der Waals surface area (Å²) in [6, 6.07) is 0. The molecule has 110 valence electrons. The van der Waals surface area contributed by atoms with Crippen LogP contribution in [-0.2, 0) is 9.53 Å². The van der Waals surface area contributed by atoms with Gasteiger partial charge >= 0.3 is 0 Å². The Morgan fingerprint density at radius 2 is 1.79 bits per heavy atom. The van der Waals surface area contributed by atoms with Gasteiger partial charge in [0.15, 0.2) is 0 Å². The standard InChI is InChI=1S/C15H28N2O2/c1-15(6-8-19-9-7-15)17-14(18)10-12-2-4-13(11-16)5-3-12/h12-13H,2-11,16H2,1H3,(H,17,18). The molecule has 2 fully saturated rings. The molecule has 1 amide bonds. The topological polar surface area (TPSA) is 64.4 Å². The van der Waals surface area contributed by atoms with Crippen LogP contribution in [0.3, 0.4) is 0 Å². The third kappa shape index (κ3) is 4.46. The molecule has 0 radical (unpaired) electrons. The Morgan fingerprint density at radius 1 is 1.21 bits per heavy atom. The van der Waals surface area contributed by atoms with Gasteiger partial charge in [-0.05, 0) is 63.8 Å². The summed E-state index contributed by atoms with van der Waals surface area (Å²) < 4.78 is 5.36. The van der Waals surface area contributed by atoms with Crippen LogP contribution in [0.1, 0.15) is 51.9 Å². The number of hydrogen-bond acceptors (Lipinski definition) is 3. The number of rotatable bonds is 4. The van der Waals surface area contributed by atoms with E-state index >= 15 is 0 Å². The number of ether oxygens (including phenoxy) is 1. The molecule has 1 heterocycles. The second-order valence-corrected chi connectivity index (χ2v) is 6.55.